The van der Waals surface area contributed by atoms with Gasteiger partial charge in [0.1, 0.15) is 11.5 Å². The minimum Gasteiger partial charge on any atom is -0.497 e. The highest BCUT2D eigenvalue weighted by molar-refractivity contribution is 6.00. The Balaban J connectivity index is 1.79. The summed E-state index contributed by atoms with van der Waals surface area (Å²) in [4.78, 5) is 2.39. The second kappa shape index (κ2) is 9.30. The molecule has 170 valence electrons. The van der Waals surface area contributed by atoms with E-state index in [4.69, 9.17) is 9.47 Å². The van der Waals surface area contributed by atoms with E-state index >= 15 is 0 Å². The van der Waals surface area contributed by atoms with Gasteiger partial charge in [-0.3, -0.25) is 5.01 Å². The predicted molar refractivity (Wildman–Crippen MR) is 133 cm³/mol. The van der Waals surface area contributed by atoms with Gasteiger partial charge in [-0.25, -0.2) is 5.01 Å². The number of likely N-dealkylation sites (N-methyl/N-ethyl adjacent to an activating group) is 1. The molecule has 0 aromatic heterocycles. The molecule has 0 N–H and O–H groups in total. The summed E-state index contributed by atoms with van der Waals surface area (Å²) in [6.07, 6.45) is 0. The molecule has 3 aromatic carbocycles. The number of methoxy groups -OCH3 is 2. The number of piperazine rings is 1. The smallest absolute Gasteiger partial charge is 0.128 e. The molecule has 1 saturated heterocycles. The first kappa shape index (κ1) is 21.6. The molecule has 2 heterocycles. The summed E-state index contributed by atoms with van der Waals surface area (Å²) in [7, 11) is 5.67. The predicted octanol–water partition coefficient (Wildman–Crippen LogP) is 4.60. The third-order valence-electron chi connectivity index (χ3n) is 6.64. The van der Waals surface area contributed by atoms with E-state index in [1.807, 2.05) is 18.2 Å². The lowest BCUT2D eigenvalue weighted by Gasteiger charge is -2.45. The number of nitrogens with zero attached hydrogens (tertiary/aromatic N) is 3. The van der Waals surface area contributed by atoms with Crippen molar-refractivity contribution < 1.29 is 9.47 Å². The van der Waals surface area contributed by atoms with Gasteiger partial charge in [-0.05, 0) is 48.0 Å². The summed E-state index contributed by atoms with van der Waals surface area (Å²) in [5, 5.41) is 4.97. The summed E-state index contributed by atoms with van der Waals surface area (Å²) in [6, 6.07) is 25.5. The second-order valence-corrected chi connectivity index (χ2v) is 8.63. The van der Waals surface area contributed by atoms with Gasteiger partial charge in [-0.15, -0.1) is 0 Å². The highest BCUT2D eigenvalue weighted by Gasteiger charge is 2.32. The van der Waals surface area contributed by atoms with Crippen LogP contribution in [-0.4, -0.2) is 62.4 Å². The summed E-state index contributed by atoms with van der Waals surface area (Å²) in [5.41, 5.74) is 7.22. The Bertz CT molecular complexity index is 1170. The highest BCUT2D eigenvalue weighted by atomic mass is 16.5. The molecule has 0 amide bonds. The molecule has 0 aliphatic carbocycles. The molecule has 0 bridgehead atoms. The van der Waals surface area contributed by atoms with Gasteiger partial charge in [0.15, 0.2) is 0 Å². The molecule has 5 heteroatoms. The number of benzene rings is 3. The fourth-order valence-electron chi connectivity index (χ4n) is 4.86. The minimum atomic E-state index is 0.834. The van der Waals surface area contributed by atoms with Crippen molar-refractivity contribution in [3.63, 3.8) is 0 Å². The first-order valence-electron chi connectivity index (χ1n) is 11.5. The van der Waals surface area contributed by atoms with Crippen LogP contribution in [-0.2, 0) is 6.54 Å². The van der Waals surface area contributed by atoms with Crippen molar-refractivity contribution in [1.82, 2.24) is 14.9 Å². The Morgan fingerprint density at radius 1 is 0.727 bits per heavy atom. The van der Waals surface area contributed by atoms with Crippen LogP contribution in [0.1, 0.15) is 22.3 Å². The van der Waals surface area contributed by atoms with Crippen LogP contribution >= 0.6 is 0 Å². The minimum absolute atomic E-state index is 0.834. The maximum Gasteiger partial charge on any atom is 0.128 e. The summed E-state index contributed by atoms with van der Waals surface area (Å²) >= 11 is 0. The highest BCUT2D eigenvalue weighted by Crippen LogP contribution is 2.44. The molecule has 0 unspecified atom stereocenters. The number of hydrazine groups is 1. The van der Waals surface area contributed by atoms with Crippen LogP contribution < -0.4 is 9.47 Å². The second-order valence-electron chi connectivity index (χ2n) is 8.63. The van der Waals surface area contributed by atoms with Crippen molar-refractivity contribution in [2.75, 3.05) is 47.4 Å². The quantitative estimate of drug-likeness (QED) is 0.577. The lowest BCUT2D eigenvalue weighted by Crippen LogP contribution is -2.52. The molecule has 3 aromatic rings. The molecule has 0 spiro atoms. The van der Waals surface area contributed by atoms with Gasteiger partial charge in [0.05, 0.1) is 26.5 Å². The SMILES string of the molecule is COc1cccc(C2=C(c3ccccc3OC)N(N3CCN(C)CC3)Cc3ccccc32)c1. The van der Waals surface area contributed by atoms with Crippen LogP contribution in [0.2, 0.25) is 0 Å². The van der Waals surface area contributed by atoms with Crippen LogP contribution in [0.15, 0.2) is 72.8 Å². The van der Waals surface area contributed by atoms with Gasteiger partial charge in [0, 0.05) is 37.3 Å². The molecule has 0 atom stereocenters. The molecule has 2 aliphatic heterocycles. The largest absolute Gasteiger partial charge is 0.497 e. The Labute approximate surface area is 196 Å². The van der Waals surface area contributed by atoms with E-state index in [2.05, 4.69) is 76.6 Å². The summed E-state index contributed by atoms with van der Waals surface area (Å²) in [6.45, 7) is 4.91. The van der Waals surface area contributed by atoms with Gasteiger partial charge < -0.3 is 14.4 Å². The van der Waals surface area contributed by atoms with E-state index in [1.54, 1.807) is 14.2 Å². The molecule has 1 fully saturated rings. The number of hydrogen-bond donors (Lipinski definition) is 0. The van der Waals surface area contributed by atoms with Crippen molar-refractivity contribution in [3.8, 4) is 11.5 Å². The fourth-order valence-corrected chi connectivity index (χ4v) is 4.86. The van der Waals surface area contributed by atoms with Crippen LogP contribution in [0, 0.1) is 0 Å². The van der Waals surface area contributed by atoms with Crippen molar-refractivity contribution >= 4 is 11.3 Å². The summed E-state index contributed by atoms with van der Waals surface area (Å²) < 4.78 is 11.5. The Morgan fingerprint density at radius 2 is 1.45 bits per heavy atom. The number of para-hydroxylation sites is 1. The zero-order chi connectivity index (χ0) is 22.8. The van der Waals surface area contributed by atoms with Gasteiger partial charge >= 0.3 is 0 Å². The Hall–Kier alpha value is -3.28. The van der Waals surface area contributed by atoms with Crippen molar-refractivity contribution in [1.29, 1.82) is 0 Å². The van der Waals surface area contributed by atoms with Gasteiger partial charge in [0.25, 0.3) is 0 Å². The van der Waals surface area contributed by atoms with Crippen LogP contribution in [0.3, 0.4) is 0 Å². The first-order chi connectivity index (χ1) is 16.2. The zero-order valence-electron chi connectivity index (χ0n) is 19.6. The molecule has 0 saturated carbocycles. The van der Waals surface area contributed by atoms with E-state index < -0.39 is 0 Å². The standard InChI is InChI=1S/C28H31N3O2/c1-29-15-17-30(18-16-29)31-20-22-9-4-5-12-24(22)27(21-10-8-11-23(19-21)32-2)28(31)25-13-6-7-14-26(25)33-3/h4-14,19H,15-18,20H2,1-3H3. The Morgan fingerprint density at radius 3 is 2.21 bits per heavy atom. The van der Waals surface area contributed by atoms with E-state index in [0.717, 1.165) is 55.3 Å². The van der Waals surface area contributed by atoms with Gasteiger partial charge in [0.2, 0.25) is 0 Å². The lowest BCUT2D eigenvalue weighted by molar-refractivity contribution is -0.0126. The van der Waals surface area contributed by atoms with Gasteiger partial charge in [-0.1, -0.05) is 48.5 Å². The number of fused-ring (bicyclic) bond motifs is 1. The molecule has 5 rings (SSSR count). The topological polar surface area (TPSA) is 28.2 Å². The number of hydrogen-bond acceptors (Lipinski definition) is 5. The lowest BCUT2D eigenvalue weighted by atomic mass is 9.86. The maximum atomic E-state index is 5.86. The molecule has 0 radical (unpaired) electrons. The van der Waals surface area contributed by atoms with E-state index in [1.165, 1.54) is 22.4 Å². The molecular formula is C28H31N3O2. The average molecular weight is 442 g/mol. The zero-order valence-corrected chi connectivity index (χ0v) is 19.6. The van der Waals surface area contributed by atoms with E-state index in [0.29, 0.717) is 0 Å². The van der Waals surface area contributed by atoms with Crippen LogP contribution in [0.5, 0.6) is 11.5 Å². The first-order valence-corrected chi connectivity index (χ1v) is 11.5. The monoisotopic (exact) mass is 441 g/mol. The van der Waals surface area contributed by atoms with Gasteiger partial charge in [-0.2, -0.15) is 0 Å². The molecule has 2 aliphatic rings. The summed E-state index contributed by atoms with van der Waals surface area (Å²) in [5.74, 6) is 1.74. The number of rotatable bonds is 5. The van der Waals surface area contributed by atoms with Crippen molar-refractivity contribution in [3.05, 3.63) is 95.1 Å². The average Bonchev–Trinajstić information content (AvgIpc) is 2.88. The number of ether oxygens (including phenoxy) is 2. The van der Waals surface area contributed by atoms with Crippen molar-refractivity contribution in [2.45, 2.75) is 6.54 Å². The Kier molecular flexibility index (Phi) is 6.07. The third-order valence-corrected chi connectivity index (χ3v) is 6.64. The molecule has 33 heavy (non-hydrogen) atoms. The normalized spacial score (nSPS) is 17.1. The fraction of sp³-hybridized carbons (Fsp3) is 0.286. The van der Waals surface area contributed by atoms with Crippen LogP contribution in [0.25, 0.3) is 11.3 Å². The van der Waals surface area contributed by atoms with Crippen molar-refractivity contribution in [2.24, 2.45) is 0 Å². The maximum absolute atomic E-state index is 5.86. The van der Waals surface area contributed by atoms with E-state index in [9.17, 15) is 0 Å². The third kappa shape index (κ3) is 4.10. The molecular weight excluding hydrogens is 410 g/mol. The molecule has 5 nitrogen and oxygen atoms in total. The van der Waals surface area contributed by atoms with Crippen LogP contribution in [0.4, 0.5) is 0 Å². The van der Waals surface area contributed by atoms with E-state index in [-0.39, 0.29) is 0 Å².